The fourth-order valence-corrected chi connectivity index (χ4v) is 3.51. The number of aromatic nitrogens is 3. The zero-order valence-electron chi connectivity index (χ0n) is 16.1. The van der Waals surface area contributed by atoms with Crippen molar-refractivity contribution < 1.29 is 4.74 Å². The second kappa shape index (κ2) is 7.72. The maximum atomic E-state index is 5.75. The van der Waals surface area contributed by atoms with Crippen molar-refractivity contribution in [2.75, 3.05) is 26.2 Å². The molecule has 2 aliphatic rings. The molecule has 1 aromatic heterocycles. The van der Waals surface area contributed by atoms with Crippen LogP contribution in [0.4, 0.5) is 0 Å². The summed E-state index contributed by atoms with van der Waals surface area (Å²) < 4.78 is 7.75. The molecule has 7 heteroatoms. The molecule has 0 spiro atoms. The van der Waals surface area contributed by atoms with E-state index >= 15 is 0 Å². The van der Waals surface area contributed by atoms with Crippen LogP contribution in [-0.2, 0) is 18.3 Å². The van der Waals surface area contributed by atoms with E-state index in [4.69, 9.17) is 9.73 Å². The number of hydrogen-bond acceptors (Lipinski definition) is 4. The van der Waals surface area contributed by atoms with Crippen molar-refractivity contribution >= 4 is 5.96 Å². The van der Waals surface area contributed by atoms with Gasteiger partial charge in [-0.3, -0.25) is 0 Å². The molecule has 1 aromatic rings. The number of rotatable bonds is 5. The Morgan fingerprint density at radius 3 is 2.88 bits per heavy atom. The third-order valence-corrected chi connectivity index (χ3v) is 5.78. The summed E-state index contributed by atoms with van der Waals surface area (Å²) in [5.41, 5.74) is 0.383. The lowest BCUT2D eigenvalue weighted by Gasteiger charge is -2.26. The van der Waals surface area contributed by atoms with E-state index in [1.54, 1.807) is 0 Å². The van der Waals surface area contributed by atoms with Gasteiger partial charge in [-0.2, -0.15) is 0 Å². The van der Waals surface area contributed by atoms with Gasteiger partial charge in [-0.05, 0) is 38.0 Å². The van der Waals surface area contributed by atoms with Crippen LogP contribution in [0.2, 0.25) is 0 Å². The number of ether oxygens (including phenoxy) is 1. The molecule has 3 rings (SSSR count). The summed E-state index contributed by atoms with van der Waals surface area (Å²) in [5, 5.41) is 11.9. The van der Waals surface area contributed by atoms with Crippen LogP contribution in [0, 0.1) is 12.3 Å². The summed E-state index contributed by atoms with van der Waals surface area (Å²) in [7, 11) is 1.99. The highest BCUT2D eigenvalue weighted by Gasteiger charge is 2.34. The lowest BCUT2D eigenvalue weighted by Crippen LogP contribution is -2.43. The number of aliphatic imine (C=N–C) groups is 1. The molecule has 2 aliphatic heterocycles. The third-order valence-electron chi connectivity index (χ3n) is 5.78. The van der Waals surface area contributed by atoms with Gasteiger partial charge in [0, 0.05) is 33.3 Å². The highest BCUT2D eigenvalue weighted by Crippen LogP contribution is 2.33. The average molecular weight is 348 g/mol. The number of nitrogens with one attached hydrogen (secondary N) is 1. The fraction of sp³-hybridized carbons (Fsp3) is 0.833. The van der Waals surface area contributed by atoms with Gasteiger partial charge in [-0.1, -0.05) is 13.8 Å². The second-order valence-electron chi connectivity index (χ2n) is 7.71. The predicted molar refractivity (Wildman–Crippen MR) is 98.4 cm³/mol. The van der Waals surface area contributed by atoms with Gasteiger partial charge < -0.3 is 19.5 Å². The van der Waals surface area contributed by atoms with Gasteiger partial charge in [0.15, 0.2) is 11.8 Å². The molecule has 3 heterocycles. The minimum Gasteiger partial charge on any atom is -0.376 e. The van der Waals surface area contributed by atoms with Gasteiger partial charge in [0.2, 0.25) is 0 Å². The molecule has 2 saturated heterocycles. The van der Waals surface area contributed by atoms with E-state index in [1.165, 1.54) is 12.8 Å². The molecular formula is C18H32N6O. The Balaban J connectivity index is 1.69. The molecule has 0 bridgehead atoms. The topological polar surface area (TPSA) is 67.6 Å². The van der Waals surface area contributed by atoms with Crippen molar-refractivity contribution in [2.24, 2.45) is 17.5 Å². The van der Waals surface area contributed by atoms with Gasteiger partial charge >= 0.3 is 0 Å². The molecule has 0 saturated carbocycles. The van der Waals surface area contributed by atoms with Crippen molar-refractivity contribution in [1.29, 1.82) is 0 Å². The lowest BCUT2D eigenvalue weighted by atomic mass is 9.87. The quantitative estimate of drug-likeness (QED) is 0.650. The van der Waals surface area contributed by atoms with Crippen LogP contribution < -0.4 is 5.32 Å². The van der Waals surface area contributed by atoms with Crippen molar-refractivity contribution in [2.45, 2.75) is 59.1 Å². The summed E-state index contributed by atoms with van der Waals surface area (Å²) in [6.45, 7) is 11.0. The van der Waals surface area contributed by atoms with E-state index in [-0.39, 0.29) is 0 Å². The van der Waals surface area contributed by atoms with Crippen LogP contribution in [-0.4, -0.2) is 58.0 Å². The molecule has 0 aliphatic carbocycles. The highest BCUT2D eigenvalue weighted by atomic mass is 16.5. The molecular weight excluding hydrogens is 316 g/mol. The molecule has 0 aromatic carbocycles. The SMILES string of the molecule is CCC1(C)CCN(C(=NCc2nnc(C)n2C)NCC2CCCO2)C1. The first-order valence-corrected chi connectivity index (χ1v) is 9.50. The van der Waals surface area contributed by atoms with E-state index < -0.39 is 0 Å². The Labute approximate surface area is 150 Å². The Morgan fingerprint density at radius 1 is 1.44 bits per heavy atom. The molecule has 25 heavy (non-hydrogen) atoms. The van der Waals surface area contributed by atoms with Crippen molar-refractivity contribution in [3.63, 3.8) is 0 Å². The summed E-state index contributed by atoms with van der Waals surface area (Å²) in [6, 6.07) is 0. The summed E-state index contributed by atoms with van der Waals surface area (Å²) in [6.07, 6.45) is 5.02. The number of aryl methyl sites for hydroxylation is 1. The monoisotopic (exact) mass is 348 g/mol. The minimum absolute atomic E-state index is 0.308. The smallest absolute Gasteiger partial charge is 0.194 e. The number of nitrogens with zero attached hydrogens (tertiary/aromatic N) is 5. The van der Waals surface area contributed by atoms with Gasteiger partial charge in [0.1, 0.15) is 12.4 Å². The zero-order chi connectivity index (χ0) is 17.9. The van der Waals surface area contributed by atoms with E-state index in [1.807, 2.05) is 18.5 Å². The number of likely N-dealkylation sites (tertiary alicyclic amines) is 1. The van der Waals surface area contributed by atoms with Crippen LogP contribution in [0.1, 0.15) is 51.2 Å². The molecule has 2 atom stereocenters. The maximum Gasteiger partial charge on any atom is 0.194 e. The van der Waals surface area contributed by atoms with Crippen LogP contribution in [0.3, 0.4) is 0 Å². The van der Waals surface area contributed by atoms with Crippen LogP contribution >= 0.6 is 0 Å². The second-order valence-corrected chi connectivity index (χ2v) is 7.71. The number of guanidine groups is 1. The summed E-state index contributed by atoms with van der Waals surface area (Å²) in [4.78, 5) is 7.25. The van der Waals surface area contributed by atoms with Gasteiger partial charge in [-0.25, -0.2) is 4.99 Å². The first-order chi connectivity index (χ1) is 12.0. The van der Waals surface area contributed by atoms with Crippen molar-refractivity contribution in [3.05, 3.63) is 11.6 Å². The molecule has 140 valence electrons. The van der Waals surface area contributed by atoms with E-state index in [0.717, 1.165) is 56.7 Å². The Bertz CT molecular complexity index is 607. The van der Waals surface area contributed by atoms with Crippen LogP contribution in [0.5, 0.6) is 0 Å². The lowest BCUT2D eigenvalue weighted by molar-refractivity contribution is 0.113. The van der Waals surface area contributed by atoms with E-state index in [0.29, 0.717) is 18.1 Å². The Hall–Kier alpha value is -1.63. The first-order valence-electron chi connectivity index (χ1n) is 9.50. The fourth-order valence-electron chi connectivity index (χ4n) is 3.51. The van der Waals surface area contributed by atoms with Crippen molar-refractivity contribution in [1.82, 2.24) is 25.0 Å². The summed E-state index contributed by atoms with van der Waals surface area (Å²) in [5.74, 6) is 2.79. The first kappa shape index (κ1) is 18.2. The van der Waals surface area contributed by atoms with Gasteiger partial charge in [0.25, 0.3) is 0 Å². The van der Waals surface area contributed by atoms with E-state index in [9.17, 15) is 0 Å². The zero-order valence-corrected chi connectivity index (χ0v) is 16.1. The minimum atomic E-state index is 0.308. The summed E-state index contributed by atoms with van der Waals surface area (Å²) >= 11 is 0. The van der Waals surface area contributed by atoms with Gasteiger partial charge in [-0.15, -0.1) is 10.2 Å². The average Bonchev–Trinajstić information content (AvgIpc) is 3.33. The Morgan fingerprint density at radius 2 is 2.28 bits per heavy atom. The maximum absolute atomic E-state index is 5.75. The Kier molecular flexibility index (Phi) is 5.61. The third kappa shape index (κ3) is 4.32. The molecule has 0 radical (unpaired) electrons. The molecule has 2 unspecified atom stereocenters. The normalized spacial score (nSPS) is 27.3. The largest absolute Gasteiger partial charge is 0.376 e. The van der Waals surface area contributed by atoms with Gasteiger partial charge in [0.05, 0.1) is 6.10 Å². The number of hydrogen-bond donors (Lipinski definition) is 1. The van der Waals surface area contributed by atoms with Crippen LogP contribution in [0.25, 0.3) is 0 Å². The molecule has 2 fully saturated rings. The molecule has 7 nitrogen and oxygen atoms in total. The standard InChI is InChI=1S/C18H32N6O/c1-5-18(3)8-9-24(13-18)17(19-11-15-7-6-10-25-15)20-12-16-22-21-14(2)23(16)4/h15H,5-13H2,1-4H3,(H,19,20). The van der Waals surface area contributed by atoms with Crippen LogP contribution in [0.15, 0.2) is 4.99 Å². The van der Waals surface area contributed by atoms with Crippen molar-refractivity contribution in [3.8, 4) is 0 Å². The highest BCUT2D eigenvalue weighted by molar-refractivity contribution is 5.80. The molecule has 1 N–H and O–H groups in total. The predicted octanol–water partition coefficient (Wildman–Crippen LogP) is 1.87. The van der Waals surface area contributed by atoms with E-state index in [2.05, 4.69) is 34.3 Å². The molecule has 0 amide bonds.